The summed E-state index contributed by atoms with van der Waals surface area (Å²) in [6, 6.07) is -3.69. The van der Waals surface area contributed by atoms with E-state index < -0.39 is 192 Å². The Morgan fingerprint density at radius 2 is 1.28 bits per heavy atom. The molecule has 5 fully saturated rings. The summed E-state index contributed by atoms with van der Waals surface area (Å²) < 4.78 is 89.9. The Morgan fingerprint density at radius 1 is 0.654 bits per heavy atom. The molecule has 2 saturated carbocycles. The van der Waals surface area contributed by atoms with Gasteiger partial charge in [0.1, 0.15) is 53.9 Å². The van der Waals surface area contributed by atoms with Crippen molar-refractivity contribution in [2.45, 2.75) is 216 Å². The van der Waals surface area contributed by atoms with Gasteiger partial charge in [-0.15, -0.1) is 0 Å². The van der Waals surface area contributed by atoms with Crippen molar-refractivity contribution >= 4 is 70.9 Å². The van der Waals surface area contributed by atoms with Crippen molar-refractivity contribution in [2.75, 3.05) is 89.2 Å². The first kappa shape index (κ1) is 82.9. The van der Waals surface area contributed by atoms with E-state index in [1.165, 1.54) is 95.0 Å². The summed E-state index contributed by atoms with van der Waals surface area (Å²) in [7, 11) is 10.9. The number of hydrogen-bond donors (Lipinski definition) is 3. The van der Waals surface area contributed by atoms with E-state index in [9.17, 15) is 55.1 Å². The first-order chi connectivity index (χ1) is 48.8. The Morgan fingerprint density at radius 3 is 1.85 bits per heavy atom. The van der Waals surface area contributed by atoms with E-state index in [2.05, 4.69) is 16.0 Å². The summed E-state index contributed by atoms with van der Waals surface area (Å²) in [6.45, 7) is 6.44. The van der Waals surface area contributed by atoms with E-state index in [0.717, 1.165) is 54.8 Å². The Labute approximate surface area is 604 Å². The summed E-state index contributed by atoms with van der Waals surface area (Å²) >= 11 is 0. The van der Waals surface area contributed by atoms with Crippen LogP contribution in [-0.2, 0) is 87.5 Å². The second kappa shape index (κ2) is 35.1. The van der Waals surface area contributed by atoms with E-state index in [-0.39, 0.29) is 82.2 Å². The predicted molar refractivity (Wildman–Crippen MR) is 370 cm³/mol. The molecule has 3 N–H and O–H groups in total. The van der Waals surface area contributed by atoms with Crippen molar-refractivity contribution in [3.63, 3.8) is 0 Å². The lowest BCUT2D eigenvalue weighted by Crippen LogP contribution is -2.68. The minimum absolute atomic E-state index is 0.0105. The lowest BCUT2D eigenvalue weighted by atomic mass is 9.74. The minimum atomic E-state index is -4.74. The molecule has 2 aliphatic carbocycles. The van der Waals surface area contributed by atoms with Crippen LogP contribution >= 0.6 is 0 Å². The van der Waals surface area contributed by atoms with Gasteiger partial charge < -0.3 is 64.8 Å². The quantitative estimate of drug-likeness (QED) is 0.237. The van der Waals surface area contributed by atoms with Gasteiger partial charge in [-0.3, -0.25) is 57.5 Å². The average molecular weight is 1470 g/mol. The van der Waals surface area contributed by atoms with Crippen LogP contribution < -0.4 is 16.0 Å². The Kier molecular flexibility index (Phi) is 28.0. The van der Waals surface area contributed by atoms with Gasteiger partial charge in [-0.1, -0.05) is 64.3 Å². The average Bonchev–Trinajstić information content (AvgIpc) is 0.953. The third kappa shape index (κ3) is 19.4. The van der Waals surface area contributed by atoms with Crippen LogP contribution in [0.15, 0.2) is 42.5 Å². The fraction of sp³-hybridized carbons (Fsp3) is 0.671. The number of amides is 12. The maximum Gasteiger partial charge on any atom is 0.416 e. The van der Waals surface area contributed by atoms with E-state index in [4.69, 9.17) is 4.74 Å². The number of aryl methyl sites for hydroxylation is 2. The van der Waals surface area contributed by atoms with Gasteiger partial charge >= 0.3 is 12.4 Å². The number of rotatable bonds is 12. The van der Waals surface area contributed by atoms with Gasteiger partial charge in [0.05, 0.1) is 36.7 Å². The van der Waals surface area contributed by atoms with Gasteiger partial charge in [-0.2, -0.15) is 26.3 Å². The zero-order valence-corrected chi connectivity index (χ0v) is 62.0. The maximum atomic E-state index is 15.5. The summed E-state index contributed by atoms with van der Waals surface area (Å²) in [4.78, 5) is 190. The Balaban J connectivity index is 1.32. The molecule has 3 aliphatic heterocycles. The van der Waals surface area contributed by atoms with Crippen molar-refractivity contribution in [2.24, 2.45) is 11.8 Å². The highest BCUT2D eigenvalue weighted by Crippen LogP contribution is 2.39. The van der Waals surface area contributed by atoms with Crippen LogP contribution in [0.5, 0.6) is 0 Å². The van der Waals surface area contributed by atoms with Crippen LogP contribution in [0.25, 0.3) is 0 Å². The second-order valence-electron chi connectivity index (χ2n) is 29.0. The fourth-order valence-electron chi connectivity index (χ4n) is 15.1. The molecule has 2 bridgehead atoms. The number of benzene rings is 2. The van der Waals surface area contributed by atoms with Crippen molar-refractivity contribution in [1.29, 1.82) is 0 Å². The molecule has 2 aromatic rings. The number of carbonyl (C=O) groups is 12. The zero-order valence-electron chi connectivity index (χ0n) is 62.0. The van der Waals surface area contributed by atoms with E-state index in [1.54, 1.807) is 27.7 Å². The summed E-state index contributed by atoms with van der Waals surface area (Å²) in [5.41, 5.74) is -3.15. The number of carbonyl (C=O) groups excluding carboxylic acids is 12. The van der Waals surface area contributed by atoms with Gasteiger partial charge in [0, 0.05) is 88.9 Å². The Bertz CT molecular complexity index is 3480. The molecule has 576 valence electrons. The van der Waals surface area contributed by atoms with E-state index in [1.807, 2.05) is 0 Å². The molecular weight excluding hydrogens is 1370 g/mol. The molecule has 31 heteroatoms. The third-order valence-electron chi connectivity index (χ3n) is 21.7. The zero-order chi connectivity index (χ0) is 77.2. The molecule has 104 heavy (non-hydrogen) atoms. The largest absolute Gasteiger partial charge is 0.416 e. The van der Waals surface area contributed by atoms with Gasteiger partial charge in [0.15, 0.2) is 0 Å². The molecule has 2 aromatic carbocycles. The first-order valence-electron chi connectivity index (χ1n) is 36.0. The van der Waals surface area contributed by atoms with Crippen LogP contribution in [0.1, 0.15) is 152 Å². The molecular formula is C73H104F6N12O13. The van der Waals surface area contributed by atoms with Gasteiger partial charge in [-0.05, 0) is 131 Å². The molecule has 12 amide bonds. The number of likely N-dealkylation sites (N-methyl/N-ethyl adjacent to an activating group) is 7. The molecule has 7 rings (SSSR count). The van der Waals surface area contributed by atoms with Crippen molar-refractivity contribution in [3.05, 3.63) is 70.3 Å². The number of nitrogens with one attached hydrogen (secondary N) is 3. The first-order valence-corrected chi connectivity index (χ1v) is 36.0. The van der Waals surface area contributed by atoms with Crippen LogP contribution in [0.2, 0.25) is 0 Å². The van der Waals surface area contributed by atoms with E-state index >= 15 is 28.8 Å². The second-order valence-corrected chi connectivity index (χ2v) is 29.0. The minimum Gasteiger partial charge on any atom is -0.377 e. The van der Waals surface area contributed by atoms with E-state index in [0.29, 0.717) is 50.5 Å². The normalized spacial score (nSPS) is 26.3. The highest BCUT2D eigenvalue weighted by Gasteiger charge is 2.54. The topological polar surface area (TPSA) is 279 Å². The van der Waals surface area contributed by atoms with Crippen LogP contribution in [0, 0.1) is 18.8 Å². The van der Waals surface area contributed by atoms with Crippen molar-refractivity contribution in [3.8, 4) is 0 Å². The van der Waals surface area contributed by atoms with Crippen LogP contribution in [0.4, 0.5) is 26.3 Å². The third-order valence-corrected chi connectivity index (χ3v) is 21.7. The van der Waals surface area contributed by atoms with Gasteiger partial charge in [0.25, 0.3) is 0 Å². The van der Waals surface area contributed by atoms with Crippen molar-refractivity contribution < 1.29 is 88.6 Å². The summed E-state index contributed by atoms with van der Waals surface area (Å²) in [6.07, 6.45) is -7.71. The molecule has 25 nitrogen and oxygen atoms in total. The molecule has 1 spiro atoms. The lowest BCUT2D eigenvalue weighted by Gasteiger charge is -2.46. The summed E-state index contributed by atoms with van der Waals surface area (Å²) in [5, 5.41) is 8.47. The fourth-order valence-corrected chi connectivity index (χ4v) is 15.1. The summed E-state index contributed by atoms with van der Waals surface area (Å²) in [5.74, 6) is -10.2. The highest BCUT2D eigenvalue weighted by atomic mass is 19.4. The monoisotopic (exact) mass is 1470 g/mol. The number of hydrogen-bond acceptors (Lipinski definition) is 13. The predicted octanol–water partition coefficient (Wildman–Crippen LogP) is 4.97. The number of alkyl halides is 6. The molecule has 1 unspecified atom stereocenters. The molecule has 3 saturated heterocycles. The van der Waals surface area contributed by atoms with Crippen LogP contribution in [0.3, 0.4) is 0 Å². The molecule has 5 aliphatic rings. The molecule has 10 atom stereocenters. The lowest BCUT2D eigenvalue weighted by molar-refractivity contribution is -0.157. The number of halogens is 6. The van der Waals surface area contributed by atoms with Crippen molar-refractivity contribution in [1.82, 2.24) is 60.0 Å². The number of ether oxygens (including phenoxy) is 1. The number of fused-ring (bicyclic) bond motifs is 3. The van der Waals surface area contributed by atoms with Crippen LogP contribution in [-0.4, -0.2) is 264 Å². The Hall–Kier alpha value is -8.38. The van der Waals surface area contributed by atoms with Gasteiger partial charge in [0.2, 0.25) is 70.9 Å². The number of nitrogens with zero attached hydrogens (tertiary/aromatic N) is 9. The SMILES string of the molecule is CCO[C@@H]1C[C@H]2C(=O)NC3(CCC3)C(=O)N(C)[C@@H](C3CCCC3)C(=O)N(C)[C@H](C(=O)N(C)C)CC(=O)N(C)[C@H](CC)C(=O)NC([C@@H](C)CC)C(=O)N(C)CC(=O)N(C)[C@H]3CCCCN(C3=O)[C@@H](Cc3ccc(C(F)(F)F)cc3)C(=O)N(C)CC(=O)N[C@@H](CCc3ccc(C(F)(F)F)c(C)c3)C(=O)N2C1. The standard InChI is InChI=1S/C73H104F6N12O13/c1-14-43(4)60-68(101)85(9)42-59(94)87(11)53-24-19-20-35-90(67(53)100)56(37-46-25-29-48(30-26-46)72(74,75)76)66(99)84(8)41-57(92)80-51(32-28-45-27-31-50(44(5)36-45)73(77,78)79)64(97)91-40-49(104-16-3)38-54(91)63(96)82-71(33-21-34-71)70(103)89(13)61(47-22-17-18-23-47)69(102)88(12)55(65(98)83(6)7)39-58(93)86(10)52(15-2)62(95)81-60/h25-27,29-31,36,43,47,49,51-56,60-61H,14-24,28,32-35,37-42H2,1-13H3,(H,80,92)(H,81,95)(H,82,96)/t43-,49+,51-,52+,53-,54-,55-,56-,60?,61-/m0/s1. The molecule has 0 aromatic heterocycles. The van der Waals surface area contributed by atoms with Gasteiger partial charge in [-0.25, -0.2) is 0 Å². The highest BCUT2D eigenvalue weighted by molar-refractivity contribution is 6.01. The smallest absolute Gasteiger partial charge is 0.377 e. The molecule has 3 heterocycles. The molecule has 0 radical (unpaired) electrons. The maximum absolute atomic E-state index is 15.5.